The van der Waals surface area contributed by atoms with Gasteiger partial charge in [-0.25, -0.2) is 4.99 Å². The van der Waals surface area contributed by atoms with Crippen molar-refractivity contribution in [1.29, 1.82) is 0 Å². The average molecular weight is 286 g/mol. The summed E-state index contributed by atoms with van der Waals surface area (Å²) < 4.78 is 3.08. The highest BCUT2D eigenvalue weighted by atomic mass is 32.1. The van der Waals surface area contributed by atoms with Crippen molar-refractivity contribution in [2.24, 2.45) is 12.0 Å². The minimum absolute atomic E-state index is 0.130. The SMILES string of the molecule is Cn1c(=Nc2ccccc2N([O-])O)sc2ccccc21. The average Bonchev–Trinajstić information content (AvgIpc) is 2.76. The van der Waals surface area contributed by atoms with Crippen LogP contribution in [0.5, 0.6) is 0 Å². The third-order valence-electron chi connectivity index (χ3n) is 3.02. The number of rotatable bonds is 2. The number of hydrogen-bond donors (Lipinski definition) is 1. The molecular formula is C14H12N3O2S-. The van der Waals surface area contributed by atoms with E-state index in [0.29, 0.717) is 5.69 Å². The van der Waals surface area contributed by atoms with Gasteiger partial charge in [-0.05, 0) is 24.3 Å². The number of hydrogen-bond acceptors (Lipinski definition) is 5. The molecule has 0 aliphatic rings. The lowest BCUT2D eigenvalue weighted by Crippen LogP contribution is -2.11. The van der Waals surface area contributed by atoms with Gasteiger partial charge in [-0.15, -0.1) is 0 Å². The van der Waals surface area contributed by atoms with Crippen molar-refractivity contribution in [2.45, 2.75) is 0 Å². The van der Waals surface area contributed by atoms with Crippen LogP contribution in [-0.4, -0.2) is 9.77 Å². The largest absolute Gasteiger partial charge is 0.733 e. The van der Waals surface area contributed by atoms with E-state index in [1.165, 1.54) is 17.4 Å². The molecule has 0 atom stereocenters. The second-order valence-electron chi connectivity index (χ2n) is 4.28. The Balaban J connectivity index is 2.23. The summed E-state index contributed by atoms with van der Waals surface area (Å²) in [7, 11) is 1.92. The highest BCUT2D eigenvalue weighted by molar-refractivity contribution is 7.16. The van der Waals surface area contributed by atoms with Crippen molar-refractivity contribution in [3.8, 4) is 0 Å². The van der Waals surface area contributed by atoms with Gasteiger partial charge in [-0.3, -0.25) is 5.21 Å². The molecule has 0 fully saturated rings. The third kappa shape index (κ3) is 2.20. The third-order valence-corrected chi connectivity index (χ3v) is 4.13. The number of fused-ring (bicyclic) bond motifs is 1. The maximum absolute atomic E-state index is 11.1. The summed E-state index contributed by atoms with van der Waals surface area (Å²) in [5.74, 6) is 0. The summed E-state index contributed by atoms with van der Waals surface area (Å²) in [5, 5.41) is 20.1. The van der Waals surface area contributed by atoms with Crippen molar-refractivity contribution in [1.82, 2.24) is 4.57 Å². The van der Waals surface area contributed by atoms with E-state index in [9.17, 15) is 5.21 Å². The standard InChI is InChI=1S/C14H12N3O2S/c1-16-12-8-4-5-9-13(12)20-14(16)15-10-6-2-3-7-11(10)17(18)19/h2-9,18H,1H3/q-1. The zero-order valence-electron chi connectivity index (χ0n) is 10.7. The second kappa shape index (κ2) is 5.09. The summed E-state index contributed by atoms with van der Waals surface area (Å²) in [6.07, 6.45) is 0. The van der Waals surface area contributed by atoms with Crippen LogP contribution >= 0.6 is 11.3 Å². The Morgan fingerprint density at radius 1 is 1.15 bits per heavy atom. The van der Waals surface area contributed by atoms with Crippen LogP contribution in [0.2, 0.25) is 0 Å². The van der Waals surface area contributed by atoms with E-state index in [2.05, 4.69) is 4.99 Å². The van der Waals surface area contributed by atoms with Crippen LogP contribution < -0.4 is 10.0 Å². The first-order chi connectivity index (χ1) is 9.66. The number of anilines is 1. The molecule has 1 N–H and O–H groups in total. The Morgan fingerprint density at radius 2 is 1.85 bits per heavy atom. The minimum Gasteiger partial charge on any atom is -0.733 e. The van der Waals surface area contributed by atoms with Crippen molar-refractivity contribution < 1.29 is 5.21 Å². The molecule has 0 bridgehead atoms. The summed E-state index contributed by atoms with van der Waals surface area (Å²) in [6.45, 7) is 0. The number of benzene rings is 2. The van der Waals surface area contributed by atoms with Gasteiger partial charge in [-0.2, -0.15) is 0 Å². The normalized spacial score (nSPS) is 12.1. The number of aryl methyl sites for hydroxylation is 1. The molecule has 0 amide bonds. The molecule has 20 heavy (non-hydrogen) atoms. The van der Waals surface area contributed by atoms with E-state index in [0.717, 1.165) is 15.0 Å². The summed E-state index contributed by atoms with van der Waals surface area (Å²) in [4.78, 5) is 5.24. The zero-order valence-corrected chi connectivity index (χ0v) is 11.5. The Morgan fingerprint density at radius 3 is 2.60 bits per heavy atom. The first-order valence-electron chi connectivity index (χ1n) is 6.01. The molecular weight excluding hydrogens is 274 g/mol. The molecule has 0 aliphatic heterocycles. The van der Waals surface area contributed by atoms with Crippen LogP contribution in [-0.2, 0) is 7.05 Å². The van der Waals surface area contributed by atoms with Crippen molar-refractivity contribution in [2.75, 3.05) is 5.23 Å². The monoisotopic (exact) mass is 286 g/mol. The van der Waals surface area contributed by atoms with E-state index in [4.69, 9.17) is 5.21 Å². The number of aromatic nitrogens is 1. The lowest BCUT2D eigenvalue weighted by molar-refractivity contribution is 0.297. The molecule has 0 saturated carbocycles. The van der Waals surface area contributed by atoms with Crippen LogP contribution in [0.3, 0.4) is 0 Å². The predicted octanol–water partition coefficient (Wildman–Crippen LogP) is 3.17. The van der Waals surface area contributed by atoms with Gasteiger partial charge < -0.3 is 15.0 Å². The molecule has 0 saturated heterocycles. The highest BCUT2D eigenvalue weighted by Crippen LogP contribution is 2.26. The van der Waals surface area contributed by atoms with E-state index >= 15 is 0 Å². The molecule has 0 spiro atoms. The molecule has 102 valence electrons. The highest BCUT2D eigenvalue weighted by Gasteiger charge is 2.04. The Bertz CT molecular complexity index is 820. The van der Waals surface area contributed by atoms with Crippen LogP contribution in [0.15, 0.2) is 53.5 Å². The van der Waals surface area contributed by atoms with Gasteiger partial charge in [-0.1, -0.05) is 35.6 Å². The second-order valence-corrected chi connectivity index (χ2v) is 5.29. The van der Waals surface area contributed by atoms with Gasteiger partial charge in [0.2, 0.25) is 0 Å². The fourth-order valence-corrected chi connectivity index (χ4v) is 3.04. The van der Waals surface area contributed by atoms with Gasteiger partial charge in [0, 0.05) is 7.05 Å². The summed E-state index contributed by atoms with van der Waals surface area (Å²) >= 11 is 1.53. The van der Waals surface area contributed by atoms with Crippen molar-refractivity contribution in [3.63, 3.8) is 0 Å². The molecule has 6 heteroatoms. The first kappa shape index (κ1) is 12.9. The van der Waals surface area contributed by atoms with Crippen molar-refractivity contribution >= 4 is 32.9 Å². The van der Waals surface area contributed by atoms with E-state index in [1.54, 1.807) is 18.2 Å². The Hall–Kier alpha value is -2.15. The molecule has 0 radical (unpaired) electrons. The smallest absolute Gasteiger partial charge is 0.190 e. The first-order valence-corrected chi connectivity index (χ1v) is 6.83. The van der Waals surface area contributed by atoms with Crippen molar-refractivity contribution in [3.05, 3.63) is 58.5 Å². The summed E-state index contributed by atoms with van der Waals surface area (Å²) in [6, 6.07) is 14.7. The van der Waals surface area contributed by atoms with Crippen LogP contribution in [0.25, 0.3) is 10.2 Å². The van der Waals surface area contributed by atoms with Gasteiger partial charge >= 0.3 is 0 Å². The minimum atomic E-state index is -0.161. The fraction of sp³-hybridized carbons (Fsp3) is 0.0714. The molecule has 2 aromatic carbocycles. The fourth-order valence-electron chi connectivity index (χ4n) is 2.01. The number of para-hydroxylation sites is 3. The van der Waals surface area contributed by atoms with Gasteiger partial charge in [0.1, 0.15) is 0 Å². The molecule has 0 unspecified atom stereocenters. The summed E-state index contributed by atoms with van der Waals surface area (Å²) in [5.41, 5.74) is 1.65. The van der Waals surface area contributed by atoms with Gasteiger partial charge in [0.15, 0.2) is 4.80 Å². The van der Waals surface area contributed by atoms with Crippen LogP contribution in [0, 0.1) is 5.21 Å². The quantitative estimate of drug-likeness (QED) is 0.736. The molecule has 0 aliphatic carbocycles. The van der Waals surface area contributed by atoms with E-state index in [-0.39, 0.29) is 10.9 Å². The Kier molecular flexibility index (Phi) is 3.27. The van der Waals surface area contributed by atoms with Gasteiger partial charge in [0.05, 0.1) is 21.6 Å². The molecule has 3 rings (SSSR count). The lowest BCUT2D eigenvalue weighted by Gasteiger charge is -2.22. The van der Waals surface area contributed by atoms with Crippen LogP contribution in [0.1, 0.15) is 0 Å². The van der Waals surface area contributed by atoms with Crippen LogP contribution in [0.4, 0.5) is 11.4 Å². The maximum atomic E-state index is 11.1. The number of thiazole rings is 1. The topological polar surface area (TPSA) is 63.8 Å². The van der Waals surface area contributed by atoms with Gasteiger partial charge in [0.25, 0.3) is 0 Å². The predicted molar refractivity (Wildman–Crippen MR) is 80.1 cm³/mol. The molecule has 3 aromatic rings. The lowest BCUT2D eigenvalue weighted by atomic mass is 10.3. The number of nitrogens with zero attached hydrogens (tertiary/aromatic N) is 3. The molecule has 1 heterocycles. The maximum Gasteiger partial charge on any atom is 0.190 e. The molecule has 1 aromatic heterocycles. The Labute approximate surface area is 119 Å². The van der Waals surface area contributed by atoms with E-state index in [1.807, 2.05) is 35.9 Å². The molecule has 5 nitrogen and oxygen atoms in total. The van der Waals surface area contributed by atoms with E-state index < -0.39 is 0 Å². The zero-order chi connectivity index (χ0) is 14.1.